The predicted octanol–water partition coefficient (Wildman–Crippen LogP) is 3.68. The van der Waals surface area contributed by atoms with Gasteiger partial charge in [-0.1, -0.05) is 25.4 Å². The zero-order valence-electron chi connectivity index (χ0n) is 18.5. The van der Waals surface area contributed by atoms with Gasteiger partial charge in [0, 0.05) is 31.6 Å². The lowest BCUT2D eigenvalue weighted by Gasteiger charge is -2.20. The molecular formula is C21H34ClIN4O3. The predicted molar refractivity (Wildman–Crippen MR) is 132 cm³/mol. The summed E-state index contributed by atoms with van der Waals surface area (Å²) in [4.78, 5) is 18.8. The molecule has 1 amide bonds. The average Bonchev–Trinajstić information content (AvgIpc) is 3.15. The monoisotopic (exact) mass is 552 g/mol. The van der Waals surface area contributed by atoms with Crippen LogP contribution in [0.2, 0.25) is 5.02 Å². The van der Waals surface area contributed by atoms with Crippen molar-refractivity contribution in [1.29, 1.82) is 0 Å². The van der Waals surface area contributed by atoms with Gasteiger partial charge in [-0.2, -0.15) is 0 Å². The molecule has 0 bridgehead atoms. The van der Waals surface area contributed by atoms with Crippen LogP contribution >= 0.6 is 35.6 Å². The first kappa shape index (κ1) is 26.6. The van der Waals surface area contributed by atoms with E-state index in [1.165, 1.54) is 0 Å². The maximum atomic E-state index is 12.2. The second-order valence-electron chi connectivity index (χ2n) is 7.31. The third-order valence-corrected chi connectivity index (χ3v) is 4.96. The van der Waals surface area contributed by atoms with E-state index in [2.05, 4.69) is 15.6 Å². The van der Waals surface area contributed by atoms with E-state index in [1.807, 2.05) is 44.7 Å². The summed E-state index contributed by atoms with van der Waals surface area (Å²) < 4.78 is 11.0. The number of nitrogens with one attached hydrogen (secondary N) is 2. The maximum absolute atomic E-state index is 12.2. The number of hydrogen-bond acceptors (Lipinski definition) is 4. The van der Waals surface area contributed by atoms with Gasteiger partial charge in [-0.15, -0.1) is 24.0 Å². The highest BCUT2D eigenvalue weighted by Gasteiger charge is 2.28. The van der Waals surface area contributed by atoms with Crippen molar-refractivity contribution in [3.8, 4) is 11.5 Å². The van der Waals surface area contributed by atoms with Crippen LogP contribution in [0.3, 0.4) is 0 Å². The second kappa shape index (κ2) is 13.1. The lowest BCUT2D eigenvalue weighted by atomic mass is 10.2. The summed E-state index contributed by atoms with van der Waals surface area (Å²) >= 11 is 6.36. The molecule has 0 spiro atoms. The van der Waals surface area contributed by atoms with E-state index in [1.54, 1.807) is 7.11 Å². The van der Waals surface area contributed by atoms with E-state index < -0.39 is 0 Å². The molecular weight excluding hydrogens is 519 g/mol. The molecule has 0 aliphatic carbocycles. The molecule has 1 aromatic carbocycles. The zero-order valence-corrected chi connectivity index (χ0v) is 21.5. The van der Waals surface area contributed by atoms with E-state index in [0.29, 0.717) is 36.2 Å². The van der Waals surface area contributed by atoms with Crippen molar-refractivity contribution < 1.29 is 14.3 Å². The van der Waals surface area contributed by atoms with Gasteiger partial charge < -0.3 is 25.0 Å². The Morgan fingerprint density at radius 1 is 1.37 bits per heavy atom. The average molecular weight is 553 g/mol. The van der Waals surface area contributed by atoms with E-state index in [0.717, 1.165) is 31.0 Å². The van der Waals surface area contributed by atoms with Crippen molar-refractivity contribution in [3.63, 3.8) is 0 Å². The van der Waals surface area contributed by atoms with Crippen LogP contribution in [0.15, 0.2) is 17.1 Å². The molecule has 1 fully saturated rings. The molecule has 1 saturated heterocycles. The SMILES string of the molecule is CCNC(=NCc1cc(Cl)c(OCC)c(OC)c1)NC1CCN(C(=O)C(C)C)C1.I. The largest absolute Gasteiger partial charge is 0.493 e. The molecule has 170 valence electrons. The van der Waals surface area contributed by atoms with Crippen LogP contribution < -0.4 is 20.1 Å². The van der Waals surface area contributed by atoms with Crippen molar-refractivity contribution in [1.82, 2.24) is 15.5 Å². The molecule has 30 heavy (non-hydrogen) atoms. The molecule has 1 aliphatic heterocycles. The maximum Gasteiger partial charge on any atom is 0.225 e. The summed E-state index contributed by atoms with van der Waals surface area (Å²) in [6.07, 6.45) is 0.908. The van der Waals surface area contributed by atoms with Crippen LogP contribution in [0.4, 0.5) is 0 Å². The van der Waals surface area contributed by atoms with E-state index in [4.69, 9.17) is 21.1 Å². The standard InChI is InChI=1S/C21H33ClN4O3.HI/c1-6-23-21(25-16-8-9-26(13-16)20(27)14(3)4)24-12-15-10-17(22)19(29-7-2)18(11-15)28-5;/h10-11,14,16H,6-9,12-13H2,1-5H3,(H2,23,24,25);1H. The van der Waals surface area contributed by atoms with Crippen molar-refractivity contribution in [2.24, 2.45) is 10.9 Å². The molecule has 2 rings (SSSR count). The summed E-state index contributed by atoms with van der Waals surface area (Å²) in [5.41, 5.74) is 0.926. The van der Waals surface area contributed by atoms with Gasteiger partial charge >= 0.3 is 0 Å². The van der Waals surface area contributed by atoms with Gasteiger partial charge in [0.05, 0.1) is 25.3 Å². The van der Waals surface area contributed by atoms with Gasteiger partial charge in [0.25, 0.3) is 0 Å². The molecule has 1 aromatic rings. The third-order valence-electron chi connectivity index (χ3n) is 4.68. The number of guanidine groups is 1. The molecule has 1 heterocycles. The number of amides is 1. The van der Waals surface area contributed by atoms with Crippen molar-refractivity contribution in [3.05, 3.63) is 22.7 Å². The lowest BCUT2D eigenvalue weighted by molar-refractivity contribution is -0.133. The number of likely N-dealkylation sites (tertiary alicyclic amines) is 1. The highest BCUT2D eigenvalue weighted by molar-refractivity contribution is 14.0. The highest BCUT2D eigenvalue weighted by atomic mass is 127. The highest BCUT2D eigenvalue weighted by Crippen LogP contribution is 2.36. The summed E-state index contributed by atoms with van der Waals surface area (Å²) in [7, 11) is 1.59. The Balaban J connectivity index is 0.00000450. The Morgan fingerprint density at radius 2 is 2.10 bits per heavy atom. The van der Waals surface area contributed by atoms with Crippen LogP contribution in [0.25, 0.3) is 0 Å². The number of hydrogen-bond donors (Lipinski definition) is 2. The fraction of sp³-hybridized carbons (Fsp3) is 0.619. The summed E-state index contributed by atoms with van der Waals surface area (Å²) in [6, 6.07) is 3.93. The van der Waals surface area contributed by atoms with Crippen LogP contribution in [0.1, 0.15) is 39.7 Å². The normalized spacial score (nSPS) is 16.3. The molecule has 9 heteroatoms. The van der Waals surface area contributed by atoms with Crippen molar-refractivity contribution >= 4 is 47.4 Å². The number of ether oxygens (including phenoxy) is 2. The number of carbonyl (C=O) groups excluding carboxylic acids is 1. The minimum Gasteiger partial charge on any atom is -0.493 e. The Kier molecular flexibility index (Phi) is 11.6. The van der Waals surface area contributed by atoms with Crippen LogP contribution in [-0.4, -0.2) is 56.2 Å². The van der Waals surface area contributed by atoms with E-state index in [9.17, 15) is 4.79 Å². The minimum absolute atomic E-state index is 0. The lowest BCUT2D eigenvalue weighted by Crippen LogP contribution is -2.45. The Labute approximate surface area is 201 Å². The number of benzene rings is 1. The van der Waals surface area contributed by atoms with Gasteiger partial charge in [-0.3, -0.25) is 4.79 Å². The van der Waals surface area contributed by atoms with Gasteiger partial charge in [-0.25, -0.2) is 4.99 Å². The molecule has 0 aromatic heterocycles. The number of methoxy groups -OCH3 is 1. The molecule has 7 nitrogen and oxygen atoms in total. The van der Waals surface area contributed by atoms with Gasteiger partial charge in [0.15, 0.2) is 17.5 Å². The van der Waals surface area contributed by atoms with Crippen LogP contribution in [0, 0.1) is 5.92 Å². The first-order valence-electron chi connectivity index (χ1n) is 10.2. The molecule has 1 aliphatic rings. The van der Waals surface area contributed by atoms with E-state index in [-0.39, 0.29) is 41.8 Å². The number of nitrogens with zero attached hydrogens (tertiary/aromatic N) is 2. The number of rotatable bonds is 8. The first-order chi connectivity index (χ1) is 13.9. The van der Waals surface area contributed by atoms with Gasteiger partial charge in [0.2, 0.25) is 5.91 Å². The molecule has 1 unspecified atom stereocenters. The topological polar surface area (TPSA) is 75.2 Å². The Morgan fingerprint density at radius 3 is 2.70 bits per heavy atom. The molecule has 0 saturated carbocycles. The molecule has 0 radical (unpaired) electrons. The Hall–Kier alpha value is -1.42. The fourth-order valence-corrected chi connectivity index (χ4v) is 3.56. The van der Waals surface area contributed by atoms with Crippen LogP contribution in [0.5, 0.6) is 11.5 Å². The summed E-state index contributed by atoms with van der Waals surface area (Å²) in [5, 5.41) is 7.22. The van der Waals surface area contributed by atoms with Crippen molar-refractivity contribution in [2.45, 2.75) is 46.7 Å². The number of aliphatic imine (C=N–C) groups is 1. The number of halogens is 2. The Bertz CT molecular complexity index is 730. The summed E-state index contributed by atoms with van der Waals surface area (Å²) in [5.74, 6) is 2.10. The van der Waals surface area contributed by atoms with E-state index >= 15 is 0 Å². The smallest absolute Gasteiger partial charge is 0.225 e. The first-order valence-corrected chi connectivity index (χ1v) is 10.6. The van der Waals surface area contributed by atoms with Crippen molar-refractivity contribution in [2.75, 3.05) is 33.4 Å². The quantitative estimate of drug-likeness (QED) is 0.292. The number of carbonyl (C=O) groups is 1. The zero-order chi connectivity index (χ0) is 21.4. The van der Waals surface area contributed by atoms with Gasteiger partial charge in [-0.05, 0) is 38.0 Å². The third kappa shape index (κ3) is 7.37. The molecule has 2 N–H and O–H groups in total. The minimum atomic E-state index is 0. The van der Waals surface area contributed by atoms with Crippen LogP contribution in [-0.2, 0) is 11.3 Å². The van der Waals surface area contributed by atoms with Gasteiger partial charge in [0.1, 0.15) is 0 Å². The fourth-order valence-electron chi connectivity index (χ4n) is 3.28. The second-order valence-corrected chi connectivity index (χ2v) is 7.71. The molecule has 1 atom stereocenters. The summed E-state index contributed by atoms with van der Waals surface area (Å²) in [6.45, 7) is 11.0.